The average Bonchev–Trinajstić information content (AvgIpc) is 2.79. The maximum Gasteiger partial charge on any atom is 0.227 e. The Morgan fingerprint density at radius 1 is 1.32 bits per heavy atom. The molecule has 0 bridgehead atoms. The minimum Gasteiger partial charge on any atom is -0.356 e. The number of nitrogens with two attached hydrogens (primary N) is 1. The van der Waals surface area contributed by atoms with E-state index in [1.165, 1.54) is 0 Å². The minimum absolute atomic E-state index is 0.0163. The summed E-state index contributed by atoms with van der Waals surface area (Å²) in [5.74, 6) is 0.0163. The van der Waals surface area contributed by atoms with Crippen molar-refractivity contribution in [2.45, 2.75) is 52.6 Å². The molecule has 5 heteroatoms. The van der Waals surface area contributed by atoms with Crippen LogP contribution in [0.15, 0.2) is 18.7 Å². The summed E-state index contributed by atoms with van der Waals surface area (Å²) in [6.07, 6.45) is 7.49. The molecule has 1 heterocycles. The number of unbranched alkanes of at least 4 members (excludes halogenated alkanes) is 1. The van der Waals surface area contributed by atoms with Crippen LogP contribution in [0.2, 0.25) is 0 Å². The van der Waals surface area contributed by atoms with Crippen LogP contribution in [0.4, 0.5) is 0 Å². The standard InChI is InChI=1S/C14H26N4O/c1-13(2,14(3,4)15)12(19)17-7-5-6-9-18-10-8-16-11-18/h8,10-11H,5-7,9,15H2,1-4H3,(H,17,19). The van der Waals surface area contributed by atoms with E-state index in [0.717, 1.165) is 19.4 Å². The van der Waals surface area contributed by atoms with E-state index in [1.807, 2.05) is 38.5 Å². The van der Waals surface area contributed by atoms with E-state index >= 15 is 0 Å². The zero-order valence-corrected chi connectivity index (χ0v) is 12.4. The highest BCUT2D eigenvalue weighted by Gasteiger charge is 2.39. The highest BCUT2D eigenvalue weighted by Crippen LogP contribution is 2.28. The maximum atomic E-state index is 12.1. The van der Waals surface area contributed by atoms with Crippen LogP contribution in [0, 0.1) is 5.41 Å². The molecule has 0 aliphatic rings. The number of carbonyl (C=O) groups is 1. The Balaban J connectivity index is 2.24. The molecule has 19 heavy (non-hydrogen) atoms. The lowest BCUT2D eigenvalue weighted by atomic mass is 9.74. The van der Waals surface area contributed by atoms with Gasteiger partial charge in [0.2, 0.25) is 5.91 Å². The number of aryl methyl sites for hydroxylation is 1. The van der Waals surface area contributed by atoms with Crippen molar-refractivity contribution in [3.05, 3.63) is 18.7 Å². The fourth-order valence-corrected chi connectivity index (χ4v) is 1.55. The predicted molar refractivity (Wildman–Crippen MR) is 76.5 cm³/mol. The van der Waals surface area contributed by atoms with E-state index in [9.17, 15) is 4.79 Å². The SMILES string of the molecule is CC(C)(N)C(C)(C)C(=O)NCCCCn1ccnc1. The lowest BCUT2D eigenvalue weighted by Crippen LogP contribution is -2.55. The number of aromatic nitrogens is 2. The van der Waals surface area contributed by atoms with Crippen LogP contribution in [0.3, 0.4) is 0 Å². The summed E-state index contributed by atoms with van der Waals surface area (Å²) in [6, 6.07) is 0. The van der Waals surface area contributed by atoms with Crippen LogP contribution in [0.5, 0.6) is 0 Å². The summed E-state index contributed by atoms with van der Waals surface area (Å²) in [4.78, 5) is 16.1. The second kappa shape index (κ2) is 6.19. The van der Waals surface area contributed by atoms with E-state index in [1.54, 1.807) is 12.5 Å². The zero-order valence-electron chi connectivity index (χ0n) is 12.4. The molecule has 0 saturated carbocycles. The largest absolute Gasteiger partial charge is 0.356 e. The Bertz CT molecular complexity index is 390. The molecule has 1 rings (SSSR count). The van der Waals surface area contributed by atoms with Gasteiger partial charge in [-0.05, 0) is 40.5 Å². The van der Waals surface area contributed by atoms with Gasteiger partial charge in [0, 0.05) is 31.0 Å². The third kappa shape index (κ3) is 4.35. The molecule has 0 aliphatic heterocycles. The van der Waals surface area contributed by atoms with E-state index in [4.69, 9.17) is 5.73 Å². The first-order valence-corrected chi connectivity index (χ1v) is 6.78. The predicted octanol–water partition coefficient (Wildman–Crippen LogP) is 1.54. The fourth-order valence-electron chi connectivity index (χ4n) is 1.55. The number of hydrogen-bond donors (Lipinski definition) is 2. The first-order valence-electron chi connectivity index (χ1n) is 6.78. The van der Waals surface area contributed by atoms with Gasteiger partial charge in [-0.2, -0.15) is 0 Å². The second-order valence-electron chi connectivity index (χ2n) is 6.11. The van der Waals surface area contributed by atoms with Gasteiger partial charge in [-0.3, -0.25) is 4.79 Å². The van der Waals surface area contributed by atoms with E-state index < -0.39 is 11.0 Å². The second-order valence-corrected chi connectivity index (χ2v) is 6.11. The lowest BCUT2D eigenvalue weighted by Gasteiger charge is -2.36. The average molecular weight is 266 g/mol. The number of nitrogens with one attached hydrogen (secondary N) is 1. The van der Waals surface area contributed by atoms with Crippen LogP contribution in [-0.2, 0) is 11.3 Å². The van der Waals surface area contributed by atoms with Crippen molar-refractivity contribution < 1.29 is 4.79 Å². The molecule has 5 nitrogen and oxygen atoms in total. The monoisotopic (exact) mass is 266 g/mol. The van der Waals surface area contributed by atoms with Crippen LogP contribution in [-0.4, -0.2) is 27.5 Å². The van der Waals surface area contributed by atoms with Gasteiger partial charge < -0.3 is 15.6 Å². The molecule has 108 valence electrons. The summed E-state index contributed by atoms with van der Waals surface area (Å²) >= 11 is 0. The van der Waals surface area contributed by atoms with Crippen LogP contribution >= 0.6 is 0 Å². The first-order chi connectivity index (χ1) is 8.75. The van der Waals surface area contributed by atoms with Crippen LogP contribution in [0.1, 0.15) is 40.5 Å². The molecule has 1 aromatic rings. The maximum absolute atomic E-state index is 12.1. The normalized spacial score (nSPS) is 12.5. The summed E-state index contributed by atoms with van der Waals surface area (Å²) in [7, 11) is 0. The van der Waals surface area contributed by atoms with Gasteiger partial charge in [0.15, 0.2) is 0 Å². The molecule has 3 N–H and O–H groups in total. The van der Waals surface area contributed by atoms with Gasteiger partial charge in [0.25, 0.3) is 0 Å². The van der Waals surface area contributed by atoms with Gasteiger partial charge in [-0.25, -0.2) is 4.98 Å². The lowest BCUT2D eigenvalue weighted by molar-refractivity contribution is -0.132. The number of nitrogens with zero attached hydrogens (tertiary/aromatic N) is 2. The van der Waals surface area contributed by atoms with Crippen molar-refractivity contribution in [2.75, 3.05) is 6.54 Å². The van der Waals surface area contributed by atoms with Gasteiger partial charge in [-0.15, -0.1) is 0 Å². The van der Waals surface area contributed by atoms with Crippen molar-refractivity contribution in [2.24, 2.45) is 11.1 Å². The highest BCUT2D eigenvalue weighted by atomic mass is 16.2. The van der Waals surface area contributed by atoms with Gasteiger partial charge in [0.1, 0.15) is 0 Å². The summed E-state index contributed by atoms with van der Waals surface area (Å²) in [5, 5.41) is 2.97. The van der Waals surface area contributed by atoms with E-state index in [-0.39, 0.29) is 5.91 Å². The highest BCUT2D eigenvalue weighted by molar-refractivity contribution is 5.83. The van der Waals surface area contributed by atoms with Crippen molar-refractivity contribution in [3.63, 3.8) is 0 Å². The molecule has 0 fully saturated rings. The number of carbonyl (C=O) groups excluding carboxylic acids is 1. The molecule has 0 atom stereocenters. The van der Waals surface area contributed by atoms with Crippen LogP contribution in [0.25, 0.3) is 0 Å². The fraction of sp³-hybridized carbons (Fsp3) is 0.714. The molecule has 1 aromatic heterocycles. The number of imidazole rings is 1. The molecule has 0 aromatic carbocycles. The molecule has 0 saturated heterocycles. The number of amides is 1. The van der Waals surface area contributed by atoms with Gasteiger partial charge >= 0.3 is 0 Å². The van der Waals surface area contributed by atoms with E-state index in [0.29, 0.717) is 6.54 Å². The number of rotatable bonds is 7. The van der Waals surface area contributed by atoms with Crippen LogP contribution < -0.4 is 11.1 Å². The Labute approximate surface area is 115 Å². The molecule has 0 spiro atoms. The van der Waals surface area contributed by atoms with Crippen molar-refractivity contribution >= 4 is 5.91 Å². The summed E-state index contributed by atoms with van der Waals surface area (Å²) in [5.41, 5.74) is 4.93. The first kappa shape index (κ1) is 15.7. The number of hydrogen-bond acceptors (Lipinski definition) is 3. The smallest absolute Gasteiger partial charge is 0.227 e. The Kier molecular flexibility index (Phi) is 5.11. The van der Waals surface area contributed by atoms with Crippen molar-refractivity contribution in [3.8, 4) is 0 Å². The Morgan fingerprint density at radius 2 is 2.00 bits per heavy atom. The molecule has 1 amide bonds. The van der Waals surface area contributed by atoms with Gasteiger partial charge in [-0.1, -0.05) is 0 Å². The molecule has 0 aliphatic carbocycles. The molecular weight excluding hydrogens is 240 g/mol. The van der Waals surface area contributed by atoms with Crippen molar-refractivity contribution in [1.82, 2.24) is 14.9 Å². The van der Waals surface area contributed by atoms with Crippen molar-refractivity contribution in [1.29, 1.82) is 0 Å². The summed E-state index contributed by atoms with van der Waals surface area (Å²) in [6.45, 7) is 9.15. The topological polar surface area (TPSA) is 72.9 Å². The third-order valence-electron chi connectivity index (χ3n) is 3.87. The van der Waals surface area contributed by atoms with E-state index in [2.05, 4.69) is 10.3 Å². The minimum atomic E-state index is -0.572. The van der Waals surface area contributed by atoms with Gasteiger partial charge in [0.05, 0.1) is 11.7 Å². The zero-order chi connectivity index (χ0) is 14.5. The molecule has 0 radical (unpaired) electrons. The molecule has 0 unspecified atom stereocenters. The molecular formula is C14H26N4O. The quantitative estimate of drug-likeness (QED) is 0.735. The Hall–Kier alpha value is -1.36. The third-order valence-corrected chi connectivity index (χ3v) is 3.87. The summed E-state index contributed by atoms with van der Waals surface area (Å²) < 4.78 is 2.04. The Morgan fingerprint density at radius 3 is 2.53 bits per heavy atom.